The highest BCUT2D eigenvalue weighted by atomic mass is 19.1. The van der Waals surface area contributed by atoms with Crippen LogP contribution in [0.15, 0.2) is 18.2 Å². The van der Waals surface area contributed by atoms with E-state index in [0.29, 0.717) is 6.61 Å². The zero-order valence-corrected chi connectivity index (χ0v) is 9.62. The van der Waals surface area contributed by atoms with Crippen LogP contribution in [0.2, 0.25) is 0 Å². The third-order valence-electron chi connectivity index (χ3n) is 3.19. The van der Waals surface area contributed by atoms with E-state index in [1.165, 1.54) is 18.2 Å². The van der Waals surface area contributed by atoms with Crippen LogP contribution in [0.4, 0.5) is 8.78 Å². The molecule has 1 aromatic rings. The first-order chi connectivity index (χ1) is 8.13. The van der Waals surface area contributed by atoms with Crippen molar-refractivity contribution in [1.29, 1.82) is 0 Å². The van der Waals surface area contributed by atoms with Crippen LogP contribution >= 0.6 is 0 Å². The fraction of sp³-hybridized carbons (Fsp3) is 0.500. The van der Waals surface area contributed by atoms with Crippen molar-refractivity contribution in [3.05, 3.63) is 35.4 Å². The Hall–Kier alpha value is -1.04. The van der Waals surface area contributed by atoms with E-state index in [1.807, 2.05) is 6.92 Å². The van der Waals surface area contributed by atoms with Crippen LogP contribution in [-0.4, -0.2) is 12.7 Å². The summed E-state index contributed by atoms with van der Waals surface area (Å²) in [5.41, 5.74) is 2.50. The molecule has 0 radical (unpaired) electrons. The topological polar surface area (TPSA) is 47.3 Å². The molecule has 3 N–H and O–H groups in total. The zero-order chi connectivity index (χ0) is 12.4. The molecule has 0 amide bonds. The second kappa shape index (κ2) is 5.08. The van der Waals surface area contributed by atoms with Crippen molar-refractivity contribution in [2.45, 2.75) is 25.5 Å². The van der Waals surface area contributed by atoms with Crippen molar-refractivity contribution >= 4 is 0 Å². The number of hydrogen-bond donors (Lipinski definition) is 2. The van der Waals surface area contributed by atoms with Gasteiger partial charge in [-0.3, -0.25) is 11.3 Å². The van der Waals surface area contributed by atoms with Gasteiger partial charge in [0.05, 0.1) is 18.8 Å². The number of halogens is 2. The minimum absolute atomic E-state index is 0.00213. The lowest BCUT2D eigenvalue weighted by molar-refractivity contribution is 0.116. The number of benzene rings is 1. The molecule has 1 aliphatic rings. The van der Waals surface area contributed by atoms with Gasteiger partial charge in [0.1, 0.15) is 11.6 Å². The molecule has 5 heteroatoms. The highest BCUT2D eigenvalue weighted by molar-refractivity contribution is 5.24. The lowest BCUT2D eigenvalue weighted by Gasteiger charge is -2.22. The van der Waals surface area contributed by atoms with Crippen LogP contribution in [0, 0.1) is 17.6 Å². The molecule has 17 heavy (non-hydrogen) atoms. The molecular formula is C12H16F2N2O. The van der Waals surface area contributed by atoms with Crippen molar-refractivity contribution in [3.63, 3.8) is 0 Å². The molecule has 3 unspecified atom stereocenters. The van der Waals surface area contributed by atoms with E-state index in [9.17, 15) is 8.78 Å². The molecule has 1 aliphatic heterocycles. The molecule has 94 valence electrons. The number of ether oxygens (including phenoxy) is 1. The Balaban J connectivity index is 2.29. The van der Waals surface area contributed by atoms with Gasteiger partial charge in [0, 0.05) is 11.5 Å². The van der Waals surface area contributed by atoms with Crippen molar-refractivity contribution in [1.82, 2.24) is 5.43 Å². The highest BCUT2D eigenvalue weighted by Crippen LogP contribution is 2.33. The van der Waals surface area contributed by atoms with Gasteiger partial charge >= 0.3 is 0 Å². The third kappa shape index (κ3) is 2.46. The van der Waals surface area contributed by atoms with E-state index in [-0.39, 0.29) is 17.6 Å². The minimum atomic E-state index is -0.576. The van der Waals surface area contributed by atoms with Crippen LogP contribution in [-0.2, 0) is 4.74 Å². The summed E-state index contributed by atoms with van der Waals surface area (Å²) in [5, 5.41) is 0. The van der Waals surface area contributed by atoms with Gasteiger partial charge in [-0.25, -0.2) is 8.78 Å². The predicted octanol–water partition coefficient (Wildman–Crippen LogP) is 1.89. The molecule has 1 saturated heterocycles. The Morgan fingerprint density at radius 3 is 2.53 bits per heavy atom. The van der Waals surface area contributed by atoms with Crippen molar-refractivity contribution in [2.24, 2.45) is 11.8 Å². The maximum atomic E-state index is 13.7. The second-order valence-electron chi connectivity index (χ2n) is 4.42. The summed E-state index contributed by atoms with van der Waals surface area (Å²) < 4.78 is 32.7. The lowest BCUT2D eigenvalue weighted by Crippen LogP contribution is -2.35. The van der Waals surface area contributed by atoms with Gasteiger partial charge in [0.2, 0.25) is 0 Å². The van der Waals surface area contributed by atoms with E-state index in [4.69, 9.17) is 10.6 Å². The summed E-state index contributed by atoms with van der Waals surface area (Å²) in [6.07, 6.45) is 0.841. The Morgan fingerprint density at radius 2 is 2.06 bits per heavy atom. The fourth-order valence-corrected chi connectivity index (χ4v) is 2.35. The summed E-state index contributed by atoms with van der Waals surface area (Å²) in [5.74, 6) is 4.26. The van der Waals surface area contributed by atoms with E-state index >= 15 is 0 Å². The molecule has 1 fully saturated rings. The van der Waals surface area contributed by atoms with E-state index in [1.54, 1.807) is 0 Å². The SMILES string of the molecule is CC1CC(C(NN)c2c(F)cccc2F)CO1. The van der Waals surface area contributed by atoms with E-state index in [2.05, 4.69) is 5.43 Å². The van der Waals surface area contributed by atoms with Crippen molar-refractivity contribution in [2.75, 3.05) is 6.61 Å². The van der Waals surface area contributed by atoms with Crippen molar-refractivity contribution < 1.29 is 13.5 Å². The molecule has 0 saturated carbocycles. The maximum Gasteiger partial charge on any atom is 0.130 e. The van der Waals surface area contributed by atoms with Crippen LogP contribution in [0.1, 0.15) is 24.9 Å². The summed E-state index contributed by atoms with van der Waals surface area (Å²) >= 11 is 0. The van der Waals surface area contributed by atoms with Crippen LogP contribution in [0.25, 0.3) is 0 Å². The molecule has 0 bridgehead atoms. The maximum absolute atomic E-state index is 13.7. The smallest absolute Gasteiger partial charge is 0.130 e. The quantitative estimate of drug-likeness (QED) is 0.628. The number of hydrazine groups is 1. The first-order valence-electron chi connectivity index (χ1n) is 5.65. The molecular weight excluding hydrogens is 226 g/mol. The monoisotopic (exact) mass is 242 g/mol. The number of nitrogens with two attached hydrogens (primary N) is 1. The zero-order valence-electron chi connectivity index (χ0n) is 9.62. The molecule has 1 aromatic carbocycles. The van der Waals surface area contributed by atoms with Gasteiger partial charge in [-0.15, -0.1) is 0 Å². The highest BCUT2D eigenvalue weighted by Gasteiger charge is 2.33. The second-order valence-corrected chi connectivity index (χ2v) is 4.42. The molecule has 3 nitrogen and oxygen atoms in total. The Labute approximate surface area is 98.9 Å². The fourth-order valence-electron chi connectivity index (χ4n) is 2.35. The molecule has 2 rings (SSSR count). The van der Waals surface area contributed by atoms with Gasteiger partial charge in [-0.1, -0.05) is 6.07 Å². The van der Waals surface area contributed by atoms with Crippen LogP contribution in [0.3, 0.4) is 0 Å². The first kappa shape index (κ1) is 12.4. The summed E-state index contributed by atoms with van der Waals surface area (Å²) in [7, 11) is 0. The van der Waals surface area contributed by atoms with E-state index < -0.39 is 17.7 Å². The molecule has 0 spiro atoms. The molecule has 0 aromatic heterocycles. The van der Waals surface area contributed by atoms with Gasteiger partial charge in [0.25, 0.3) is 0 Å². The number of nitrogens with one attached hydrogen (secondary N) is 1. The van der Waals surface area contributed by atoms with Gasteiger partial charge in [0.15, 0.2) is 0 Å². The minimum Gasteiger partial charge on any atom is -0.378 e. The van der Waals surface area contributed by atoms with Gasteiger partial charge in [-0.2, -0.15) is 0 Å². The van der Waals surface area contributed by atoms with E-state index in [0.717, 1.165) is 6.42 Å². The van der Waals surface area contributed by atoms with Crippen LogP contribution in [0.5, 0.6) is 0 Å². The average Bonchev–Trinajstić information content (AvgIpc) is 2.70. The van der Waals surface area contributed by atoms with Crippen LogP contribution < -0.4 is 11.3 Å². The van der Waals surface area contributed by atoms with Gasteiger partial charge < -0.3 is 4.74 Å². The lowest BCUT2D eigenvalue weighted by atomic mass is 9.91. The average molecular weight is 242 g/mol. The molecule has 3 atom stereocenters. The molecule has 1 heterocycles. The molecule has 0 aliphatic carbocycles. The standard InChI is InChI=1S/C12H16F2N2O/c1-7-5-8(6-17-7)12(16-15)11-9(13)3-2-4-10(11)14/h2-4,7-8,12,16H,5-6,15H2,1H3. The predicted molar refractivity (Wildman–Crippen MR) is 59.9 cm³/mol. The summed E-state index contributed by atoms with van der Waals surface area (Å²) in [4.78, 5) is 0. The third-order valence-corrected chi connectivity index (χ3v) is 3.19. The number of hydrogen-bond acceptors (Lipinski definition) is 3. The Bertz CT molecular complexity index is 380. The Kier molecular flexibility index (Phi) is 3.71. The van der Waals surface area contributed by atoms with Crippen molar-refractivity contribution in [3.8, 4) is 0 Å². The first-order valence-corrected chi connectivity index (χ1v) is 5.65. The largest absolute Gasteiger partial charge is 0.378 e. The Morgan fingerprint density at radius 1 is 1.41 bits per heavy atom. The summed E-state index contributed by atoms with van der Waals surface area (Å²) in [6.45, 7) is 2.40. The van der Waals surface area contributed by atoms with Gasteiger partial charge in [-0.05, 0) is 25.5 Å². The normalized spacial score (nSPS) is 26.1. The number of rotatable bonds is 3. The summed E-state index contributed by atoms with van der Waals surface area (Å²) in [6, 6.07) is 3.26.